The second-order valence-electron chi connectivity index (χ2n) is 5.45. The summed E-state index contributed by atoms with van der Waals surface area (Å²) in [5.41, 5.74) is 0. The summed E-state index contributed by atoms with van der Waals surface area (Å²) >= 11 is 0.850. The van der Waals surface area contributed by atoms with Crippen molar-refractivity contribution in [1.29, 1.82) is 0 Å². The van der Waals surface area contributed by atoms with Crippen molar-refractivity contribution in [3.05, 3.63) is 5.82 Å². The van der Waals surface area contributed by atoms with Crippen LogP contribution >= 0.6 is 11.5 Å². The molecule has 1 N–H and O–H groups in total. The lowest BCUT2D eigenvalue weighted by molar-refractivity contribution is -0.144. The van der Waals surface area contributed by atoms with Crippen molar-refractivity contribution < 1.29 is 13.2 Å². The Morgan fingerprint density at radius 1 is 1.30 bits per heavy atom. The zero-order valence-electron chi connectivity index (χ0n) is 11.2. The second kappa shape index (κ2) is 5.14. The minimum absolute atomic E-state index is 0.271. The van der Waals surface area contributed by atoms with Crippen LogP contribution in [0.5, 0.6) is 0 Å². The fourth-order valence-electron chi connectivity index (χ4n) is 3.28. The molecule has 2 atom stereocenters. The van der Waals surface area contributed by atoms with Gasteiger partial charge in [0.15, 0.2) is 0 Å². The molecule has 2 saturated heterocycles. The highest BCUT2D eigenvalue weighted by Crippen LogP contribution is 2.35. The van der Waals surface area contributed by atoms with E-state index in [2.05, 4.69) is 14.7 Å². The number of piperidine rings is 1. The molecule has 2 fully saturated rings. The van der Waals surface area contributed by atoms with E-state index in [9.17, 15) is 13.2 Å². The summed E-state index contributed by atoms with van der Waals surface area (Å²) in [6.07, 6.45) is -0.164. The van der Waals surface area contributed by atoms with E-state index in [-0.39, 0.29) is 6.04 Å². The van der Waals surface area contributed by atoms with Gasteiger partial charge in [0.05, 0.1) is 0 Å². The molecule has 0 spiro atoms. The number of aromatic nitrogens is 2. The summed E-state index contributed by atoms with van der Waals surface area (Å²) in [4.78, 5) is 5.67. The molecule has 3 heterocycles. The zero-order valence-corrected chi connectivity index (χ0v) is 12.0. The molecule has 112 valence electrons. The van der Waals surface area contributed by atoms with E-state index in [1.165, 1.54) is 12.8 Å². The Morgan fingerprint density at radius 3 is 2.45 bits per heavy atom. The summed E-state index contributed by atoms with van der Waals surface area (Å²) in [5, 5.41) is 3.94. The first-order valence-electron chi connectivity index (χ1n) is 6.91. The monoisotopic (exact) mass is 306 g/mol. The number of fused-ring (bicyclic) bond motifs is 2. The van der Waals surface area contributed by atoms with Crippen molar-refractivity contribution >= 4 is 16.7 Å². The van der Waals surface area contributed by atoms with Crippen LogP contribution in [-0.2, 0) is 6.18 Å². The first-order chi connectivity index (χ1) is 9.47. The Bertz CT molecular complexity index is 464. The van der Waals surface area contributed by atoms with Gasteiger partial charge in [-0.1, -0.05) is 0 Å². The predicted octanol–water partition coefficient (Wildman–Crippen LogP) is 2.67. The molecule has 0 aliphatic carbocycles. The number of alkyl halides is 3. The average Bonchev–Trinajstić information content (AvgIpc) is 2.97. The average molecular weight is 306 g/mol. The Labute approximate surface area is 119 Å². The van der Waals surface area contributed by atoms with Gasteiger partial charge < -0.3 is 10.2 Å². The van der Waals surface area contributed by atoms with Gasteiger partial charge >= 0.3 is 6.18 Å². The van der Waals surface area contributed by atoms with E-state index < -0.39 is 12.0 Å². The normalized spacial score (nSPS) is 29.7. The number of hydrogen-bond acceptors (Lipinski definition) is 5. The highest BCUT2D eigenvalue weighted by molar-refractivity contribution is 7.09. The maximum absolute atomic E-state index is 12.6. The van der Waals surface area contributed by atoms with E-state index >= 15 is 0 Å². The fraction of sp³-hybridized carbons (Fsp3) is 0.833. The lowest BCUT2D eigenvalue weighted by Gasteiger charge is -2.36. The maximum atomic E-state index is 12.6. The molecule has 0 amide bonds. The summed E-state index contributed by atoms with van der Waals surface area (Å²) in [7, 11) is 0. The third-order valence-electron chi connectivity index (χ3n) is 4.14. The Hall–Kier alpha value is -0.890. The predicted molar refractivity (Wildman–Crippen MR) is 70.9 cm³/mol. The van der Waals surface area contributed by atoms with Crippen molar-refractivity contribution in [3.8, 4) is 0 Å². The second-order valence-corrected chi connectivity index (χ2v) is 6.18. The Kier molecular flexibility index (Phi) is 3.62. The number of anilines is 1. The van der Waals surface area contributed by atoms with Gasteiger partial charge in [-0.2, -0.15) is 22.5 Å². The van der Waals surface area contributed by atoms with Crippen LogP contribution in [0, 0.1) is 0 Å². The molecule has 0 saturated carbocycles. The molecule has 2 bridgehead atoms. The van der Waals surface area contributed by atoms with Crippen molar-refractivity contribution in [2.75, 3.05) is 11.4 Å². The van der Waals surface area contributed by atoms with E-state index in [1.807, 2.05) is 11.8 Å². The first kappa shape index (κ1) is 14.1. The summed E-state index contributed by atoms with van der Waals surface area (Å²) in [5.74, 6) is -1.02. The van der Waals surface area contributed by atoms with Crippen molar-refractivity contribution in [2.24, 2.45) is 0 Å². The van der Waals surface area contributed by atoms with Crippen LogP contribution in [-0.4, -0.2) is 34.0 Å². The molecule has 1 aromatic rings. The van der Waals surface area contributed by atoms with E-state index in [0.717, 1.165) is 24.4 Å². The van der Waals surface area contributed by atoms with Gasteiger partial charge in [-0.05, 0) is 32.6 Å². The summed E-state index contributed by atoms with van der Waals surface area (Å²) in [6.45, 7) is 2.62. The van der Waals surface area contributed by atoms with E-state index in [0.29, 0.717) is 23.8 Å². The quantitative estimate of drug-likeness (QED) is 0.932. The molecule has 2 aliphatic rings. The van der Waals surface area contributed by atoms with Crippen LogP contribution in [0.4, 0.5) is 18.3 Å². The lowest BCUT2D eigenvalue weighted by Crippen LogP contribution is -2.48. The Balaban J connectivity index is 1.78. The third kappa shape index (κ3) is 2.63. The van der Waals surface area contributed by atoms with Crippen LogP contribution in [0.25, 0.3) is 0 Å². The fourth-order valence-corrected chi connectivity index (χ4v) is 4.10. The van der Waals surface area contributed by atoms with Gasteiger partial charge in [-0.3, -0.25) is 0 Å². The third-order valence-corrected chi connectivity index (χ3v) is 4.90. The van der Waals surface area contributed by atoms with Gasteiger partial charge in [0.25, 0.3) is 0 Å². The molecular weight excluding hydrogens is 289 g/mol. The molecule has 20 heavy (non-hydrogen) atoms. The van der Waals surface area contributed by atoms with Crippen LogP contribution < -0.4 is 10.2 Å². The minimum Gasteiger partial charge on any atom is -0.344 e. The topological polar surface area (TPSA) is 41.1 Å². The molecule has 8 heteroatoms. The minimum atomic E-state index is -4.46. The van der Waals surface area contributed by atoms with Crippen LogP contribution in [0.2, 0.25) is 0 Å². The van der Waals surface area contributed by atoms with Crippen molar-refractivity contribution in [3.63, 3.8) is 0 Å². The maximum Gasteiger partial charge on any atom is 0.452 e. The number of rotatable bonds is 3. The molecule has 4 nitrogen and oxygen atoms in total. The van der Waals surface area contributed by atoms with Gasteiger partial charge in [0, 0.05) is 36.2 Å². The van der Waals surface area contributed by atoms with E-state index in [4.69, 9.17) is 0 Å². The zero-order chi connectivity index (χ0) is 14.3. The smallest absolute Gasteiger partial charge is 0.344 e. The first-order valence-corrected chi connectivity index (χ1v) is 7.68. The van der Waals surface area contributed by atoms with Gasteiger partial charge in [-0.25, -0.2) is 0 Å². The highest BCUT2D eigenvalue weighted by atomic mass is 32.1. The summed E-state index contributed by atoms with van der Waals surface area (Å²) < 4.78 is 41.2. The van der Waals surface area contributed by atoms with Crippen molar-refractivity contribution in [1.82, 2.24) is 14.7 Å². The molecule has 0 aromatic carbocycles. The van der Waals surface area contributed by atoms with Gasteiger partial charge in [-0.15, -0.1) is 0 Å². The molecule has 1 aromatic heterocycles. The highest BCUT2D eigenvalue weighted by Gasteiger charge is 2.39. The Morgan fingerprint density at radius 2 is 1.95 bits per heavy atom. The van der Waals surface area contributed by atoms with Gasteiger partial charge in [0.2, 0.25) is 11.0 Å². The molecular formula is C12H17F3N4S. The number of nitrogens with one attached hydrogen (secondary N) is 1. The number of nitrogens with zero attached hydrogens (tertiary/aromatic N) is 3. The largest absolute Gasteiger partial charge is 0.452 e. The van der Waals surface area contributed by atoms with Crippen LogP contribution in [0.1, 0.15) is 38.4 Å². The van der Waals surface area contributed by atoms with Crippen LogP contribution in [0.3, 0.4) is 0 Å². The molecule has 0 radical (unpaired) electrons. The lowest BCUT2D eigenvalue weighted by atomic mass is 9.98. The van der Waals surface area contributed by atoms with Crippen molar-refractivity contribution in [2.45, 2.75) is 56.9 Å². The molecule has 2 aliphatic heterocycles. The molecule has 2 unspecified atom stereocenters. The standard InChI is InChI=1S/C12H17F3N4S/c1-2-19(9-5-7-3-4-8(6-9)16-7)11-17-10(18-20-11)12(13,14)15/h7-9,16H,2-6H2,1H3. The van der Waals surface area contributed by atoms with Gasteiger partial charge in [0.1, 0.15) is 0 Å². The molecule has 3 rings (SSSR count). The number of halogens is 3. The number of hydrogen-bond donors (Lipinski definition) is 1. The van der Waals surface area contributed by atoms with E-state index in [1.54, 1.807) is 0 Å². The summed E-state index contributed by atoms with van der Waals surface area (Å²) in [6, 6.07) is 1.28. The SMILES string of the molecule is CCN(c1nc(C(F)(F)F)ns1)C1CC2CCC(C1)N2. The van der Waals surface area contributed by atoms with Crippen LogP contribution in [0.15, 0.2) is 0 Å².